The second-order valence-electron chi connectivity index (χ2n) is 7.28. The van der Waals surface area contributed by atoms with Crippen LogP contribution in [0.2, 0.25) is 0 Å². The molecule has 0 nitrogen and oxygen atoms in total. The van der Waals surface area contributed by atoms with Crippen molar-refractivity contribution in [2.45, 2.75) is 38.5 Å². The number of hydrogen-bond donors (Lipinski definition) is 0. The van der Waals surface area contributed by atoms with Crippen LogP contribution in [0.1, 0.15) is 52.6 Å². The molecule has 0 fully saturated rings. The summed E-state index contributed by atoms with van der Waals surface area (Å²) in [6.07, 6.45) is 4.48. The van der Waals surface area contributed by atoms with E-state index >= 15 is 0 Å². The van der Waals surface area contributed by atoms with Crippen LogP contribution in [0.5, 0.6) is 0 Å². The molecule has 0 aromatic heterocycles. The van der Waals surface area contributed by atoms with E-state index in [9.17, 15) is 4.39 Å². The van der Waals surface area contributed by atoms with Crippen molar-refractivity contribution in [3.63, 3.8) is 0 Å². The summed E-state index contributed by atoms with van der Waals surface area (Å²) < 4.78 is 13.0. The summed E-state index contributed by atoms with van der Waals surface area (Å²) in [7, 11) is 0. The van der Waals surface area contributed by atoms with Gasteiger partial charge in [0.1, 0.15) is 5.82 Å². The molecule has 3 aromatic rings. The van der Waals surface area contributed by atoms with Gasteiger partial charge in [0.05, 0.1) is 0 Å². The summed E-state index contributed by atoms with van der Waals surface area (Å²) in [5, 5.41) is 0. The van der Waals surface area contributed by atoms with Crippen molar-refractivity contribution in [2.75, 3.05) is 0 Å². The normalized spacial score (nSPS) is 15.6. The van der Waals surface area contributed by atoms with Crippen molar-refractivity contribution in [2.24, 2.45) is 0 Å². The second kappa shape index (κ2) is 7.80. The van der Waals surface area contributed by atoms with Crippen LogP contribution in [-0.2, 0) is 19.3 Å². The van der Waals surface area contributed by atoms with Gasteiger partial charge in [0.2, 0.25) is 0 Å². The minimum atomic E-state index is -0.229. The first kappa shape index (κ1) is 17.6. The van der Waals surface area contributed by atoms with Gasteiger partial charge in [0.25, 0.3) is 0 Å². The van der Waals surface area contributed by atoms with E-state index in [0.717, 1.165) is 30.4 Å². The highest BCUT2D eigenvalue weighted by atomic mass is 19.1. The summed E-state index contributed by atoms with van der Waals surface area (Å²) >= 11 is 0. The molecular formula is C26H23F. The molecular weight excluding hydrogens is 331 g/mol. The predicted molar refractivity (Wildman–Crippen MR) is 109 cm³/mol. The van der Waals surface area contributed by atoms with Crippen molar-refractivity contribution in [3.05, 3.63) is 106 Å². The molecule has 0 radical (unpaired) electrons. The quantitative estimate of drug-likeness (QED) is 0.491. The van der Waals surface area contributed by atoms with E-state index in [1.165, 1.54) is 40.8 Å². The van der Waals surface area contributed by atoms with Gasteiger partial charge < -0.3 is 0 Å². The molecule has 134 valence electrons. The highest BCUT2D eigenvalue weighted by Gasteiger charge is 2.20. The van der Waals surface area contributed by atoms with E-state index in [4.69, 9.17) is 0 Å². The number of fused-ring (bicyclic) bond motifs is 1. The fourth-order valence-corrected chi connectivity index (χ4v) is 3.82. The fourth-order valence-electron chi connectivity index (χ4n) is 3.82. The lowest BCUT2D eigenvalue weighted by atomic mass is 9.79. The summed E-state index contributed by atoms with van der Waals surface area (Å²) in [6.45, 7) is 2.20. The lowest BCUT2D eigenvalue weighted by Gasteiger charge is -2.25. The SMILES string of the molecule is CCc1ccc(C2CCc3cc(C#Cc4ccc(F)cc4)ccc3C2)cc1. The van der Waals surface area contributed by atoms with Gasteiger partial charge in [-0.05, 0) is 90.3 Å². The number of aryl methyl sites for hydroxylation is 2. The van der Waals surface area contributed by atoms with Crippen LogP contribution in [0, 0.1) is 17.7 Å². The molecule has 0 bridgehead atoms. The number of hydrogen-bond acceptors (Lipinski definition) is 0. The van der Waals surface area contributed by atoms with Gasteiger partial charge in [-0.1, -0.05) is 49.1 Å². The molecule has 4 rings (SSSR count). The summed E-state index contributed by atoms with van der Waals surface area (Å²) in [4.78, 5) is 0. The smallest absolute Gasteiger partial charge is 0.123 e. The molecule has 0 spiro atoms. The van der Waals surface area contributed by atoms with E-state index in [1.54, 1.807) is 12.1 Å². The molecule has 0 N–H and O–H groups in total. The Hall–Kier alpha value is -2.85. The third-order valence-corrected chi connectivity index (χ3v) is 5.49. The fraction of sp³-hybridized carbons (Fsp3) is 0.231. The van der Waals surface area contributed by atoms with Crippen molar-refractivity contribution < 1.29 is 4.39 Å². The zero-order valence-corrected chi connectivity index (χ0v) is 15.6. The molecule has 0 heterocycles. The Morgan fingerprint density at radius 3 is 2.30 bits per heavy atom. The molecule has 27 heavy (non-hydrogen) atoms. The average Bonchev–Trinajstić information content (AvgIpc) is 2.73. The van der Waals surface area contributed by atoms with Crippen LogP contribution in [0.3, 0.4) is 0 Å². The zero-order valence-electron chi connectivity index (χ0n) is 15.6. The standard InChI is InChI=1S/C26H23F/c1-2-19-5-10-22(11-6-19)24-14-13-23-17-21(7-12-25(23)18-24)4-3-20-8-15-26(27)16-9-20/h5-12,15-17,24H,2,13-14,18H2,1H3. The molecule has 1 atom stereocenters. The Morgan fingerprint density at radius 2 is 1.56 bits per heavy atom. The Morgan fingerprint density at radius 1 is 0.852 bits per heavy atom. The minimum Gasteiger partial charge on any atom is -0.207 e. The number of benzene rings is 3. The first-order valence-corrected chi connectivity index (χ1v) is 9.69. The van der Waals surface area contributed by atoms with Crippen LogP contribution in [0.4, 0.5) is 4.39 Å². The van der Waals surface area contributed by atoms with E-state index in [0.29, 0.717) is 5.92 Å². The molecule has 1 unspecified atom stereocenters. The summed E-state index contributed by atoms with van der Waals surface area (Å²) in [6, 6.07) is 22.0. The van der Waals surface area contributed by atoms with Gasteiger partial charge >= 0.3 is 0 Å². The molecule has 1 aliphatic rings. The number of halogens is 1. The lowest BCUT2D eigenvalue weighted by molar-refractivity contribution is 0.584. The molecule has 3 aromatic carbocycles. The largest absolute Gasteiger partial charge is 0.207 e. The van der Waals surface area contributed by atoms with Crippen molar-refractivity contribution in [1.29, 1.82) is 0 Å². The highest BCUT2D eigenvalue weighted by Crippen LogP contribution is 2.33. The average molecular weight is 354 g/mol. The van der Waals surface area contributed by atoms with Crippen molar-refractivity contribution in [1.82, 2.24) is 0 Å². The Balaban J connectivity index is 1.50. The maximum Gasteiger partial charge on any atom is 0.123 e. The monoisotopic (exact) mass is 354 g/mol. The zero-order chi connectivity index (χ0) is 18.6. The van der Waals surface area contributed by atoms with Crippen molar-refractivity contribution >= 4 is 0 Å². The lowest BCUT2D eigenvalue weighted by Crippen LogP contribution is -2.13. The van der Waals surface area contributed by atoms with Gasteiger partial charge in [0.15, 0.2) is 0 Å². The van der Waals surface area contributed by atoms with Gasteiger partial charge in [-0.15, -0.1) is 0 Å². The maximum atomic E-state index is 13.0. The van der Waals surface area contributed by atoms with E-state index in [2.05, 4.69) is 61.2 Å². The topological polar surface area (TPSA) is 0 Å². The van der Waals surface area contributed by atoms with Crippen LogP contribution in [0.15, 0.2) is 66.7 Å². The first-order valence-electron chi connectivity index (χ1n) is 9.69. The van der Waals surface area contributed by atoms with Crippen LogP contribution < -0.4 is 0 Å². The Labute approximate surface area is 161 Å². The highest BCUT2D eigenvalue weighted by molar-refractivity contribution is 5.47. The second-order valence-corrected chi connectivity index (χ2v) is 7.28. The van der Waals surface area contributed by atoms with E-state index in [1.807, 2.05) is 0 Å². The van der Waals surface area contributed by atoms with Gasteiger partial charge in [-0.25, -0.2) is 4.39 Å². The summed E-state index contributed by atoms with van der Waals surface area (Å²) in [5.41, 5.74) is 7.59. The third kappa shape index (κ3) is 4.12. The molecule has 0 saturated heterocycles. The summed E-state index contributed by atoms with van der Waals surface area (Å²) in [5.74, 6) is 6.72. The van der Waals surface area contributed by atoms with Crippen molar-refractivity contribution in [3.8, 4) is 11.8 Å². The minimum absolute atomic E-state index is 0.229. The predicted octanol–water partition coefficient (Wildman–Crippen LogP) is 6.06. The van der Waals surface area contributed by atoms with Gasteiger partial charge in [0, 0.05) is 11.1 Å². The van der Waals surface area contributed by atoms with Crippen LogP contribution in [0.25, 0.3) is 0 Å². The molecule has 1 aliphatic carbocycles. The van der Waals surface area contributed by atoms with Crippen LogP contribution in [-0.4, -0.2) is 0 Å². The molecule has 1 heteroatoms. The maximum absolute atomic E-state index is 13.0. The number of rotatable bonds is 2. The molecule has 0 amide bonds. The first-order chi connectivity index (χ1) is 13.2. The molecule has 0 aliphatic heterocycles. The molecule has 0 saturated carbocycles. The van der Waals surface area contributed by atoms with Gasteiger partial charge in [-0.3, -0.25) is 0 Å². The van der Waals surface area contributed by atoms with E-state index in [-0.39, 0.29) is 5.82 Å². The third-order valence-electron chi connectivity index (χ3n) is 5.49. The Kier molecular flexibility index (Phi) is 5.07. The Bertz CT molecular complexity index is 985. The van der Waals surface area contributed by atoms with E-state index < -0.39 is 0 Å². The van der Waals surface area contributed by atoms with Crippen LogP contribution >= 0.6 is 0 Å². The van der Waals surface area contributed by atoms with Gasteiger partial charge in [-0.2, -0.15) is 0 Å².